The van der Waals surface area contributed by atoms with Gasteiger partial charge in [0.05, 0.1) is 4.90 Å². The molecule has 0 aromatic heterocycles. The lowest BCUT2D eigenvalue weighted by Gasteiger charge is -2.09. The third kappa shape index (κ3) is 6.03. The molecule has 114 valence electrons. The zero-order valence-electron chi connectivity index (χ0n) is 12.6. The fraction of sp³-hybridized carbons (Fsp3) is 0.600. The first kappa shape index (κ1) is 17.1. The van der Waals surface area contributed by atoms with E-state index >= 15 is 0 Å². The largest absolute Gasteiger partial charge is 0.313 e. The molecule has 0 spiro atoms. The minimum absolute atomic E-state index is 0.335. The van der Waals surface area contributed by atoms with Crippen LogP contribution in [0.4, 0.5) is 0 Å². The van der Waals surface area contributed by atoms with Crippen LogP contribution in [0.5, 0.6) is 0 Å². The summed E-state index contributed by atoms with van der Waals surface area (Å²) >= 11 is 0. The van der Waals surface area contributed by atoms with Crippen LogP contribution in [0.25, 0.3) is 0 Å². The van der Waals surface area contributed by atoms with Crippen LogP contribution in [0.1, 0.15) is 39.2 Å². The van der Waals surface area contributed by atoms with Crippen LogP contribution in [-0.2, 0) is 16.6 Å². The van der Waals surface area contributed by atoms with Gasteiger partial charge in [-0.15, -0.1) is 0 Å². The van der Waals surface area contributed by atoms with Crippen molar-refractivity contribution in [1.82, 2.24) is 10.0 Å². The maximum Gasteiger partial charge on any atom is 0.240 e. The molecular weight excluding hydrogens is 272 g/mol. The molecule has 1 aromatic carbocycles. The van der Waals surface area contributed by atoms with Crippen molar-refractivity contribution in [2.75, 3.05) is 13.1 Å². The van der Waals surface area contributed by atoms with Gasteiger partial charge in [0.1, 0.15) is 0 Å². The van der Waals surface area contributed by atoms with E-state index in [4.69, 9.17) is 0 Å². The van der Waals surface area contributed by atoms with Crippen molar-refractivity contribution < 1.29 is 8.42 Å². The van der Waals surface area contributed by atoms with E-state index in [1.54, 1.807) is 12.1 Å². The number of nitrogens with one attached hydrogen (secondary N) is 2. The van der Waals surface area contributed by atoms with E-state index in [0.29, 0.717) is 17.4 Å². The van der Waals surface area contributed by atoms with E-state index in [1.807, 2.05) is 19.1 Å². The Labute approximate surface area is 123 Å². The van der Waals surface area contributed by atoms with Gasteiger partial charge < -0.3 is 5.32 Å². The average Bonchev–Trinajstić information content (AvgIpc) is 2.42. The van der Waals surface area contributed by atoms with Gasteiger partial charge in [-0.3, -0.25) is 0 Å². The number of sulfonamides is 1. The Morgan fingerprint density at radius 2 is 1.80 bits per heavy atom. The second kappa shape index (κ2) is 8.39. The number of hydrogen-bond donors (Lipinski definition) is 2. The van der Waals surface area contributed by atoms with Gasteiger partial charge in [-0.05, 0) is 43.0 Å². The third-order valence-electron chi connectivity index (χ3n) is 3.06. The second-order valence-corrected chi connectivity index (χ2v) is 7.13. The summed E-state index contributed by atoms with van der Waals surface area (Å²) in [5.41, 5.74) is 1.09. The van der Waals surface area contributed by atoms with E-state index in [9.17, 15) is 8.42 Å². The highest BCUT2D eigenvalue weighted by atomic mass is 32.2. The van der Waals surface area contributed by atoms with Gasteiger partial charge in [0, 0.05) is 13.1 Å². The van der Waals surface area contributed by atoms with Gasteiger partial charge in [0.15, 0.2) is 0 Å². The van der Waals surface area contributed by atoms with Crippen molar-refractivity contribution in [3.8, 4) is 0 Å². The lowest BCUT2D eigenvalue weighted by atomic mass is 10.1. The van der Waals surface area contributed by atoms with E-state index in [0.717, 1.165) is 31.5 Å². The van der Waals surface area contributed by atoms with Crippen molar-refractivity contribution in [2.24, 2.45) is 5.92 Å². The highest BCUT2D eigenvalue weighted by Gasteiger charge is 2.12. The van der Waals surface area contributed by atoms with Crippen molar-refractivity contribution >= 4 is 10.0 Å². The molecule has 4 nitrogen and oxygen atoms in total. The van der Waals surface area contributed by atoms with Crippen LogP contribution in [0.3, 0.4) is 0 Å². The number of rotatable bonds is 9. The molecule has 0 aliphatic rings. The normalized spacial score (nSPS) is 12.0. The Hall–Kier alpha value is -0.910. The van der Waals surface area contributed by atoms with E-state index < -0.39 is 10.0 Å². The van der Waals surface area contributed by atoms with Crippen LogP contribution in [0.2, 0.25) is 0 Å². The van der Waals surface area contributed by atoms with Gasteiger partial charge in [-0.1, -0.05) is 32.9 Å². The molecule has 0 aliphatic heterocycles. The summed E-state index contributed by atoms with van der Waals surface area (Å²) < 4.78 is 26.8. The molecule has 0 radical (unpaired) electrons. The summed E-state index contributed by atoms with van der Waals surface area (Å²) in [6.45, 7) is 8.48. The summed E-state index contributed by atoms with van der Waals surface area (Å²) in [7, 11) is -3.37. The topological polar surface area (TPSA) is 58.2 Å². The van der Waals surface area contributed by atoms with Crippen molar-refractivity contribution in [2.45, 2.75) is 45.1 Å². The van der Waals surface area contributed by atoms with Gasteiger partial charge >= 0.3 is 0 Å². The first-order valence-corrected chi connectivity index (χ1v) is 8.73. The Morgan fingerprint density at radius 3 is 2.35 bits per heavy atom. The minimum Gasteiger partial charge on any atom is -0.313 e. The summed E-state index contributed by atoms with van der Waals surface area (Å²) in [5, 5.41) is 3.21. The summed E-state index contributed by atoms with van der Waals surface area (Å²) in [5.74, 6) is 0.602. The standard InChI is InChI=1S/C15H26N2O2S/c1-4-16-12-14-7-9-15(10-8-14)20(18,19)17-11-5-6-13(2)3/h7-10,13,16-17H,4-6,11-12H2,1-3H3. The molecule has 20 heavy (non-hydrogen) atoms. The Bertz CT molecular complexity index is 481. The van der Waals surface area contributed by atoms with E-state index in [1.165, 1.54) is 0 Å². The highest BCUT2D eigenvalue weighted by Crippen LogP contribution is 2.11. The SMILES string of the molecule is CCNCc1ccc(S(=O)(=O)NCCCC(C)C)cc1. The monoisotopic (exact) mass is 298 g/mol. The average molecular weight is 298 g/mol. The summed E-state index contributed by atoms with van der Waals surface area (Å²) in [4.78, 5) is 0.335. The van der Waals surface area contributed by atoms with Gasteiger partial charge in [0.25, 0.3) is 0 Å². The Kier molecular flexibility index (Phi) is 7.19. The molecule has 1 aromatic rings. The fourth-order valence-corrected chi connectivity index (χ4v) is 2.93. The van der Waals surface area contributed by atoms with Crippen LogP contribution in [-0.4, -0.2) is 21.5 Å². The second-order valence-electron chi connectivity index (χ2n) is 5.36. The minimum atomic E-state index is -3.37. The van der Waals surface area contributed by atoms with Gasteiger partial charge in [0.2, 0.25) is 10.0 Å². The zero-order valence-corrected chi connectivity index (χ0v) is 13.5. The molecule has 0 saturated carbocycles. The fourth-order valence-electron chi connectivity index (χ4n) is 1.86. The summed E-state index contributed by atoms with van der Waals surface area (Å²) in [6.07, 6.45) is 1.90. The van der Waals surface area contributed by atoms with Gasteiger partial charge in [-0.25, -0.2) is 13.1 Å². The number of hydrogen-bond acceptors (Lipinski definition) is 3. The van der Waals surface area contributed by atoms with Gasteiger partial charge in [-0.2, -0.15) is 0 Å². The van der Waals surface area contributed by atoms with E-state index in [-0.39, 0.29) is 0 Å². The lowest BCUT2D eigenvalue weighted by molar-refractivity contribution is 0.540. The molecular formula is C15H26N2O2S. The van der Waals surface area contributed by atoms with Crippen LogP contribution in [0.15, 0.2) is 29.2 Å². The predicted molar refractivity (Wildman–Crippen MR) is 83.1 cm³/mol. The van der Waals surface area contributed by atoms with Crippen LogP contribution < -0.4 is 10.0 Å². The van der Waals surface area contributed by atoms with Crippen LogP contribution >= 0.6 is 0 Å². The zero-order chi connectivity index (χ0) is 15.0. The maximum absolute atomic E-state index is 12.1. The third-order valence-corrected chi connectivity index (χ3v) is 4.54. The lowest BCUT2D eigenvalue weighted by Crippen LogP contribution is -2.25. The quantitative estimate of drug-likeness (QED) is 0.689. The molecule has 1 rings (SSSR count). The molecule has 5 heteroatoms. The maximum atomic E-state index is 12.1. The molecule has 0 aliphatic carbocycles. The molecule has 0 bridgehead atoms. The number of benzene rings is 1. The molecule has 0 saturated heterocycles. The molecule has 0 fully saturated rings. The van der Waals surface area contributed by atoms with Crippen molar-refractivity contribution in [3.63, 3.8) is 0 Å². The van der Waals surface area contributed by atoms with Crippen LogP contribution in [0, 0.1) is 5.92 Å². The van der Waals surface area contributed by atoms with Crippen molar-refractivity contribution in [3.05, 3.63) is 29.8 Å². The molecule has 0 atom stereocenters. The predicted octanol–water partition coefficient (Wildman–Crippen LogP) is 2.51. The molecule has 0 unspecified atom stereocenters. The Morgan fingerprint density at radius 1 is 1.15 bits per heavy atom. The molecule has 2 N–H and O–H groups in total. The molecule has 0 heterocycles. The van der Waals surface area contributed by atoms with Crippen molar-refractivity contribution in [1.29, 1.82) is 0 Å². The first-order valence-electron chi connectivity index (χ1n) is 7.25. The molecule has 0 amide bonds. The Balaban J connectivity index is 2.54. The highest BCUT2D eigenvalue weighted by molar-refractivity contribution is 7.89. The summed E-state index contributed by atoms with van der Waals surface area (Å²) in [6, 6.07) is 7.03. The first-order chi connectivity index (χ1) is 9.45. The van der Waals surface area contributed by atoms with E-state index in [2.05, 4.69) is 23.9 Å². The smallest absolute Gasteiger partial charge is 0.240 e.